The molecule has 0 bridgehead atoms. The van der Waals surface area contributed by atoms with Gasteiger partial charge in [-0.1, -0.05) is 17.7 Å². The molecule has 0 unspecified atom stereocenters. The predicted octanol–water partition coefficient (Wildman–Crippen LogP) is 5.08. The molecule has 0 aliphatic carbocycles. The summed E-state index contributed by atoms with van der Waals surface area (Å²) in [5, 5.41) is 3.13. The number of alkyl halides is 1. The van der Waals surface area contributed by atoms with E-state index < -0.39 is 5.82 Å². The van der Waals surface area contributed by atoms with E-state index in [-0.39, 0.29) is 10.8 Å². The Morgan fingerprint density at radius 3 is 2.90 bits per heavy atom. The van der Waals surface area contributed by atoms with Gasteiger partial charge in [-0.25, -0.2) is 9.37 Å². The van der Waals surface area contributed by atoms with Gasteiger partial charge in [-0.2, -0.15) is 0 Å². The van der Waals surface area contributed by atoms with Gasteiger partial charge >= 0.3 is 0 Å². The van der Waals surface area contributed by atoms with Gasteiger partial charge in [0, 0.05) is 5.38 Å². The van der Waals surface area contributed by atoms with E-state index in [9.17, 15) is 4.39 Å². The summed E-state index contributed by atoms with van der Waals surface area (Å²) in [5.41, 5.74) is 0.920. The topological polar surface area (TPSA) is 22.1 Å². The summed E-state index contributed by atoms with van der Waals surface area (Å²) in [6.07, 6.45) is 2.67. The normalized spacial score (nSPS) is 10.8. The molecule has 1 heterocycles. The first-order valence-electron chi connectivity index (χ1n) is 6.26. The fraction of sp³-hybridized carbons (Fsp3) is 0.357. The molecule has 2 nitrogen and oxygen atoms in total. The van der Waals surface area contributed by atoms with E-state index in [0.717, 1.165) is 30.0 Å². The highest BCUT2D eigenvalue weighted by atomic mass is 35.5. The predicted molar refractivity (Wildman–Crippen MR) is 81.5 cm³/mol. The van der Waals surface area contributed by atoms with Crippen molar-refractivity contribution in [2.24, 2.45) is 0 Å². The van der Waals surface area contributed by atoms with Crippen LogP contribution in [0.1, 0.15) is 23.5 Å². The van der Waals surface area contributed by atoms with Crippen LogP contribution >= 0.6 is 34.5 Å². The summed E-state index contributed by atoms with van der Waals surface area (Å²) in [5.74, 6) is 0.158. The Labute approximate surface area is 131 Å². The van der Waals surface area contributed by atoms with Crippen LogP contribution in [0.15, 0.2) is 23.6 Å². The Bertz CT molecular complexity index is 562. The fourth-order valence-electron chi connectivity index (χ4n) is 1.68. The Balaban J connectivity index is 1.70. The molecule has 0 fully saturated rings. The lowest BCUT2D eigenvalue weighted by Crippen LogP contribution is -2.00. The van der Waals surface area contributed by atoms with Gasteiger partial charge in [-0.15, -0.1) is 22.9 Å². The number of nitrogens with zero attached hydrogens (tertiary/aromatic N) is 1. The highest BCUT2D eigenvalue weighted by molar-refractivity contribution is 7.09. The lowest BCUT2D eigenvalue weighted by molar-refractivity contribution is 0.292. The van der Waals surface area contributed by atoms with E-state index in [4.69, 9.17) is 27.9 Å². The minimum atomic E-state index is -0.499. The van der Waals surface area contributed by atoms with Gasteiger partial charge in [0.05, 0.1) is 28.2 Å². The monoisotopic (exact) mass is 333 g/mol. The van der Waals surface area contributed by atoms with Gasteiger partial charge in [0.2, 0.25) is 0 Å². The zero-order valence-corrected chi connectivity index (χ0v) is 13.1. The second kappa shape index (κ2) is 7.81. The third-order valence-electron chi connectivity index (χ3n) is 2.69. The average Bonchev–Trinajstić information content (AvgIpc) is 2.91. The average molecular weight is 334 g/mol. The lowest BCUT2D eigenvalue weighted by atomic mass is 10.2. The third-order valence-corrected chi connectivity index (χ3v) is 4.22. The molecule has 2 aromatic rings. The van der Waals surface area contributed by atoms with Crippen LogP contribution < -0.4 is 4.74 Å². The maximum absolute atomic E-state index is 13.5. The van der Waals surface area contributed by atoms with Crippen LogP contribution in [-0.2, 0) is 12.3 Å². The van der Waals surface area contributed by atoms with Crippen LogP contribution in [0.2, 0.25) is 5.02 Å². The Morgan fingerprint density at radius 2 is 2.15 bits per heavy atom. The highest BCUT2D eigenvalue weighted by Crippen LogP contribution is 2.24. The van der Waals surface area contributed by atoms with Gasteiger partial charge < -0.3 is 4.74 Å². The number of unbranched alkanes of at least 4 members (excludes halogenated alkanes) is 1. The van der Waals surface area contributed by atoms with Gasteiger partial charge in [0.1, 0.15) is 0 Å². The Hall–Kier alpha value is -0.840. The number of aryl methyl sites for hydroxylation is 1. The lowest BCUT2D eigenvalue weighted by Gasteiger charge is -2.07. The summed E-state index contributed by atoms with van der Waals surface area (Å²) in [7, 11) is 0. The number of hydrogen-bond donors (Lipinski definition) is 0. The molecule has 0 N–H and O–H groups in total. The van der Waals surface area contributed by atoms with E-state index in [1.807, 2.05) is 5.38 Å². The maximum Gasteiger partial charge on any atom is 0.183 e. The van der Waals surface area contributed by atoms with E-state index >= 15 is 0 Å². The van der Waals surface area contributed by atoms with E-state index in [1.54, 1.807) is 23.5 Å². The van der Waals surface area contributed by atoms with Gasteiger partial charge in [0.25, 0.3) is 0 Å². The summed E-state index contributed by atoms with van der Waals surface area (Å²) >= 11 is 13.0. The highest BCUT2D eigenvalue weighted by Gasteiger charge is 2.07. The molecule has 1 aromatic heterocycles. The van der Waals surface area contributed by atoms with Crippen LogP contribution in [0.5, 0.6) is 5.75 Å². The number of halogens is 3. The quantitative estimate of drug-likeness (QED) is 0.521. The van der Waals surface area contributed by atoms with Gasteiger partial charge in [0.15, 0.2) is 11.6 Å². The van der Waals surface area contributed by atoms with Crippen molar-refractivity contribution in [1.29, 1.82) is 0 Å². The molecular formula is C14H14Cl2FNOS. The summed E-state index contributed by atoms with van der Waals surface area (Å²) < 4.78 is 18.9. The first-order valence-corrected chi connectivity index (χ1v) is 8.06. The van der Waals surface area contributed by atoms with Gasteiger partial charge in [-0.05, 0) is 31.4 Å². The van der Waals surface area contributed by atoms with Crippen molar-refractivity contribution in [3.05, 3.63) is 45.1 Å². The molecule has 6 heteroatoms. The molecule has 2 rings (SSSR count). The van der Waals surface area contributed by atoms with E-state index in [1.165, 1.54) is 6.07 Å². The SMILES string of the molecule is Fc1c(Cl)cccc1OCCCCc1nc(CCl)cs1. The number of hydrogen-bond acceptors (Lipinski definition) is 3. The number of thiazole rings is 1. The van der Waals surface area contributed by atoms with Crippen LogP contribution in [0.25, 0.3) is 0 Å². The molecule has 0 saturated heterocycles. The second-order valence-corrected chi connectivity index (χ2v) is 5.84. The number of rotatable bonds is 7. The first kappa shape index (κ1) is 15.5. The molecule has 0 atom stereocenters. The zero-order valence-electron chi connectivity index (χ0n) is 10.7. The van der Waals surface area contributed by atoms with Crippen molar-refractivity contribution in [2.75, 3.05) is 6.61 Å². The summed E-state index contributed by atoms with van der Waals surface area (Å²) in [4.78, 5) is 4.38. The first-order chi connectivity index (χ1) is 9.70. The van der Waals surface area contributed by atoms with Crippen molar-refractivity contribution in [3.8, 4) is 5.75 Å². The molecule has 0 spiro atoms. The van der Waals surface area contributed by atoms with Crippen molar-refractivity contribution < 1.29 is 9.13 Å². The van der Waals surface area contributed by atoms with E-state index in [2.05, 4.69) is 4.98 Å². The minimum absolute atomic E-state index is 0.0823. The molecule has 108 valence electrons. The molecular weight excluding hydrogens is 320 g/mol. The molecule has 0 amide bonds. The van der Waals surface area contributed by atoms with Crippen LogP contribution in [-0.4, -0.2) is 11.6 Å². The Kier molecular flexibility index (Phi) is 6.07. The number of ether oxygens (including phenoxy) is 1. The van der Waals surface area contributed by atoms with Crippen molar-refractivity contribution in [2.45, 2.75) is 25.1 Å². The minimum Gasteiger partial charge on any atom is -0.490 e. The smallest absolute Gasteiger partial charge is 0.183 e. The van der Waals surface area contributed by atoms with Crippen molar-refractivity contribution >= 4 is 34.5 Å². The second-order valence-electron chi connectivity index (χ2n) is 4.22. The molecule has 0 aliphatic rings. The molecule has 0 aliphatic heterocycles. The molecule has 1 aromatic carbocycles. The standard InChI is InChI=1S/C14H14Cl2FNOS/c15-8-10-9-20-13(18-10)6-1-2-7-19-12-5-3-4-11(16)14(12)17/h3-5,9H,1-2,6-8H2. The fourth-order valence-corrected chi connectivity index (χ4v) is 2.92. The van der Waals surface area contributed by atoms with Gasteiger partial charge in [-0.3, -0.25) is 0 Å². The molecule has 0 radical (unpaired) electrons. The molecule has 0 saturated carbocycles. The summed E-state index contributed by atoms with van der Waals surface area (Å²) in [6, 6.07) is 4.75. The largest absolute Gasteiger partial charge is 0.490 e. The van der Waals surface area contributed by atoms with Crippen LogP contribution in [0.3, 0.4) is 0 Å². The third kappa shape index (κ3) is 4.33. The number of benzene rings is 1. The summed E-state index contributed by atoms with van der Waals surface area (Å²) in [6.45, 7) is 0.463. The van der Waals surface area contributed by atoms with Crippen LogP contribution in [0.4, 0.5) is 4.39 Å². The van der Waals surface area contributed by atoms with Crippen LogP contribution in [0, 0.1) is 5.82 Å². The zero-order chi connectivity index (χ0) is 14.4. The maximum atomic E-state index is 13.5. The van der Waals surface area contributed by atoms with Crippen molar-refractivity contribution in [1.82, 2.24) is 4.98 Å². The Morgan fingerprint density at radius 1 is 1.30 bits per heavy atom. The molecule has 20 heavy (non-hydrogen) atoms. The van der Waals surface area contributed by atoms with Crippen molar-refractivity contribution in [3.63, 3.8) is 0 Å². The van der Waals surface area contributed by atoms with E-state index in [0.29, 0.717) is 12.5 Å². The number of aromatic nitrogens is 1.